The van der Waals surface area contributed by atoms with Crippen LogP contribution >= 0.6 is 0 Å². The number of aromatic nitrogens is 2. The Bertz CT molecular complexity index is 1800. The van der Waals surface area contributed by atoms with Crippen LogP contribution in [0.4, 0.5) is 23.5 Å². The van der Waals surface area contributed by atoms with Gasteiger partial charge >= 0.3 is 12.1 Å². The molecule has 230 valence electrons. The zero-order valence-corrected chi connectivity index (χ0v) is 24.6. The van der Waals surface area contributed by atoms with E-state index in [1.165, 1.54) is 30.3 Å². The normalized spacial score (nSPS) is 15.2. The van der Waals surface area contributed by atoms with E-state index in [4.69, 9.17) is 9.47 Å². The van der Waals surface area contributed by atoms with Crippen molar-refractivity contribution < 1.29 is 40.2 Å². The number of halogens is 4. The fourth-order valence-corrected chi connectivity index (χ4v) is 5.79. The van der Waals surface area contributed by atoms with Crippen LogP contribution in [-0.4, -0.2) is 36.6 Å². The molecule has 1 N–H and O–H groups in total. The monoisotopic (exact) mass is 629 g/mol. The zero-order valence-electron chi connectivity index (χ0n) is 23.8. The van der Waals surface area contributed by atoms with Gasteiger partial charge in [-0.25, -0.2) is 32.3 Å². The Hall–Kier alpha value is -4.52. The van der Waals surface area contributed by atoms with Crippen LogP contribution in [0.15, 0.2) is 78.0 Å². The largest absolute Gasteiger partial charge is 0.493 e. The number of fused-ring (bicyclic) bond motifs is 1. The Morgan fingerprint density at radius 1 is 0.955 bits per heavy atom. The Morgan fingerprint density at radius 3 is 2.25 bits per heavy atom. The number of ether oxygens (including phenoxy) is 2. The van der Waals surface area contributed by atoms with Crippen LogP contribution in [0.3, 0.4) is 0 Å². The highest BCUT2D eigenvalue weighted by molar-refractivity contribution is 7.92. The molecule has 0 fully saturated rings. The third-order valence-electron chi connectivity index (χ3n) is 6.77. The number of sulfonamides is 1. The van der Waals surface area contributed by atoms with E-state index in [2.05, 4.69) is 14.7 Å². The minimum Gasteiger partial charge on any atom is -0.493 e. The van der Waals surface area contributed by atoms with E-state index < -0.39 is 45.1 Å². The van der Waals surface area contributed by atoms with Gasteiger partial charge in [0.15, 0.2) is 5.82 Å². The van der Waals surface area contributed by atoms with Crippen molar-refractivity contribution in [1.82, 2.24) is 9.97 Å². The summed E-state index contributed by atoms with van der Waals surface area (Å²) in [5.41, 5.74) is 0.608. The summed E-state index contributed by atoms with van der Waals surface area (Å²) in [4.78, 5) is 19.6. The molecule has 8 nitrogen and oxygen atoms in total. The highest BCUT2D eigenvalue weighted by Gasteiger charge is 2.33. The summed E-state index contributed by atoms with van der Waals surface area (Å²) in [5.74, 6) is -1.81. The summed E-state index contributed by atoms with van der Waals surface area (Å²) in [5, 5.41) is 0. The Labute approximate surface area is 251 Å². The van der Waals surface area contributed by atoms with Crippen molar-refractivity contribution in [2.75, 3.05) is 11.3 Å². The van der Waals surface area contributed by atoms with Crippen LogP contribution in [0.2, 0.25) is 0 Å². The minimum atomic E-state index is -4.60. The first-order valence-corrected chi connectivity index (χ1v) is 14.9. The maximum Gasteiger partial charge on any atom is 0.416 e. The van der Waals surface area contributed by atoms with Crippen molar-refractivity contribution in [1.29, 1.82) is 0 Å². The molecule has 1 aliphatic rings. The fraction of sp³-hybridized carbons (Fsp3) is 0.258. The smallest absolute Gasteiger partial charge is 0.416 e. The summed E-state index contributed by atoms with van der Waals surface area (Å²) in [6.45, 7) is 5.37. The van der Waals surface area contributed by atoms with E-state index in [0.717, 1.165) is 24.5 Å². The molecule has 0 aliphatic carbocycles. The molecule has 1 aliphatic heterocycles. The van der Waals surface area contributed by atoms with Crippen LogP contribution in [0.25, 0.3) is 11.1 Å². The number of nitrogens with zero attached hydrogens (tertiary/aromatic N) is 2. The molecule has 13 heteroatoms. The molecule has 4 aromatic rings. The van der Waals surface area contributed by atoms with E-state index in [9.17, 15) is 30.8 Å². The third-order valence-corrected chi connectivity index (χ3v) is 8.09. The van der Waals surface area contributed by atoms with E-state index in [0.29, 0.717) is 28.7 Å². The van der Waals surface area contributed by atoms with Gasteiger partial charge in [0.05, 0.1) is 35.0 Å². The highest BCUT2D eigenvalue weighted by atomic mass is 32.2. The second kappa shape index (κ2) is 11.5. The molecule has 1 atom stereocenters. The fourth-order valence-electron chi connectivity index (χ4n) is 4.81. The summed E-state index contributed by atoms with van der Waals surface area (Å²) in [6.07, 6.45) is -2.55. The van der Waals surface area contributed by atoms with E-state index >= 15 is 0 Å². The molecule has 0 bridgehead atoms. The van der Waals surface area contributed by atoms with E-state index in [1.54, 1.807) is 39.0 Å². The number of carbonyl (C=O) groups excluding carboxylic acids is 1. The molecule has 1 aromatic heterocycles. The second-order valence-corrected chi connectivity index (χ2v) is 12.8. The van der Waals surface area contributed by atoms with Crippen molar-refractivity contribution in [3.05, 3.63) is 101 Å². The lowest BCUT2D eigenvalue weighted by Crippen LogP contribution is -2.23. The molecule has 0 saturated carbocycles. The third kappa shape index (κ3) is 6.83. The molecule has 3 aromatic carbocycles. The number of benzene rings is 3. The van der Waals surface area contributed by atoms with Gasteiger partial charge in [0.25, 0.3) is 10.0 Å². The number of rotatable bonds is 6. The van der Waals surface area contributed by atoms with Crippen molar-refractivity contribution in [2.45, 2.75) is 49.8 Å². The Kier molecular flexibility index (Phi) is 8.10. The number of hydrogen-bond acceptors (Lipinski definition) is 7. The first-order valence-electron chi connectivity index (χ1n) is 13.4. The van der Waals surface area contributed by atoms with E-state index in [1.807, 2.05) is 0 Å². The number of nitrogens with one attached hydrogen (secondary N) is 1. The van der Waals surface area contributed by atoms with E-state index in [-0.39, 0.29) is 28.8 Å². The maximum atomic E-state index is 13.8. The van der Waals surface area contributed by atoms with Gasteiger partial charge in [-0.3, -0.25) is 0 Å². The molecule has 0 spiro atoms. The van der Waals surface area contributed by atoms with Gasteiger partial charge in [-0.05, 0) is 74.2 Å². The minimum absolute atomic E-state index is 0.171. The Morgan fingerprint density at radius 2 is 1.61 bits per heavy atom. The SMILES string of the molecule is CC(C)(C)OC(=O)c1ccc(-c2cc(C(F)(F)F)ccc2[C@H]2CCOc3cc(S(=O)(=O)Nc4ncc(F)cn4)ccc32)cc1. The first-order chi connectivity index (χ1) is 20.6. The highest BCUT2D eigenvalue weighted by Crippen LogP contribution is 2.44. The molecule has 2 heterocycles. The van der Waals surface area contributed by atoms with Gasteiger partial charge in [-0.2, -0.15) is 13.2 Å². The predicted octanol–water partition coefficient (Wildman–Crippen LogP) is 6.97. The Balaban J connectivity index is 1.52. The lowest BCUT2D eigenvalue weighted by molar-refractivity contribution is -0.137. The number of hydrogen-bond donors (Lipinski definition) is 1. The van der Waals surface area contributed by atoms with Crippen LogP contribution < -0.4 is 9.46 Å². The summed E-state index contributed by atoms with van der Waals surface area (Å²) in [7, 11) is -4.18. The standard InChI is InChI=1S/C31H27F4N3O5S/c1-30(2,3)43-28(39)19-6-4-18(5-7-19)26-14-20(31(33,34)35)8-10-23(26)24-12-13-42-27-15-22(9-11-25(24)27)44(40,41)38-29-36-16-21(32)17-37-29/h4-11,14-17,24H,12-13H2,1-3H3,(H,36,37,38)/t24-/m1/s1. The molecule has 0 unspecified atom stereocenters. The topological polar surface area (TPSA) is 107 Å². The molecule has 0 amide bonds. The molecule has 0 saturated heterocycles. The predicted molar refractivity (Wildman–Crippen MR) is 153 cm³/mol. The van der Waals surface area contributed by atoms with Gasteiger partial charge in [0.2, 0.25) is 5.95 Å². The van der Waals surface area contributed by atoms with Crippen LogP contribution in [-0.2, 0) is 20.9 Å². The van der Waals surface area contributed by atoms with Gasteiger partial charge in [0, 0.05) is 17.5 Å². The van der Waals surface area contributed by atoms with Crippen LogP contribution in [0.1, 0.15) is 60.2 Å². The number of esters is 1. The summed E-state index contributed by atoms with van der Waals surface area (Å²) in [6, 6.07) is 13.8. The van der Waals surface area contributed by atoms with Crippen molar-refractivity contribution >= 4 is 21.9 Å². The van der Waals surface area contributed by atoms with Gasteiger partial charge < -0.3 is 9.47 Å². The molecule has 44 heavy (non-hydrogen) atoms. The number of anilines is 1. The lowest BCUT2D eigenvalue weighted by atomic mass is 9.82. The summed E-state index contributed by atoms with van der Waals surface area (Å²) >= 11 is 0. The number of carbonyl (C=O) groups is 1. The number of alkyl halides is 3. The summed E-state index contributed by atoms with van der Waals surface area (Å²) < 4.78 is 93.8. The average molecular weight is 630 g/mol. The van der Waals surface area contributed by atoms with Gasteiger partial charge in [-0.15, -0.1) is 0 Å². The van der Waals surface area contributed by atoms with Crippen LogP contribution in [0.5, 0.6) is 5.75 Å². The van der Waals surface area contributed by atoms with Crippen molar-refractivity contribution in [2.24, 2.45) is 0 Å². The molecule has 0 radical (unpaired) electrons. The van der Waals surface area contributed by atoms with Gasteiger partial charge in [-0.1, -0.05) is 24.3 Å². The first kappa shape index (κ1) is 30.9. The molecule has 5 rings (SSSR count). The average Bonchev–Trinajstić information content (AvgIpc) is 2.96. The van der Waals surface area contributed by atoms with Crippen LogP contribution in [0, 0.1) is 5.82 Å². The second-order valence-electron chi connectivity index (χ2n) is 11.1. The maximum absolute atomic E-state index is 13.8. The van der Waals surface area contributed by atoms with Crippen molar-refractivity contribution in [3.63, 3.8) is 0 Å². The van der Waals surface area contributed by atoms with Crippen molar-refractivity contribution in [3.8, 4) is 16.9 Å². The lowest BCUT2D eigenvalue weighted by Gasteiger charge is -2.29. The molecular weight excluding hydrogens is 602 g/mol. The van der Waals surface area contributed by atoms with Gasteiger partial charge in [0.1, 0.15) is 11.4 Å². The molecular formula is C31H27F4N3O5S. The zero-order chi connectivity index (χ0) is 31.9. The quantitative estimate of drug-likeness (QED) is 0.181.